The average Bonchev–Trinajstić information content (AvgIpc) is 2.44. The molecule has 0 aliphatic rings. The van der Waals surface area contributed by atoms with Gasteiger partial charge in [0.2, 0.25) is 5.91 Å². The van der Waals surface area contributed by atoms with Crippen LogP contribution in [-0.2, 0) is 22.4 Å². The maximum Gasteiger partial charge on any atom is 0.239 e. The van der Waals surface area contributed by atoms with Gasteiger partial charge in [0.15, 0.2) is 0 Å². The van der Waals surface area contributed by atoms with E-state index in [-0.39, 0.29) is 5.91 Å². The number of carbonyl (C=O) groups is 1. The van der Waals surface area contributed by atoms with Crippen molar-refractivity contribution >= 4 is 11.6 Å². The van der Waals surface area contributed by atoms with Crippen molar-refractivity contribution in [3.8, 4) is 0 Å². The van der Waals surface area contributed by atoms with Crippen molar-refractivity contribution < 1.29 is 9.53 Å². The maximum absolute atomic E-state index is 11.7. The van der Waals surface area contributed by atoms with Crippen LogP contribution in [0.25, 0.3) is 0 Å². The Hall–Kier alpha value is -1.55. The van der Waals surface area contributed by atoms with E-state index in [0.717, 1.165) is 18.5 Å². The summed E-state index contributed by atoms with van der Waals surface area (Å²) < 4.78 is 4.89. The summed E-state index contributed by atoms with van der Waals surface area (Å²) in [6.07, 6.45) is 1.92. The Morgan fingerprint density at radius 1 is 1.21 bits per heavy atom. The van der Waals surface area contributed by atoms with E-state index in [4.69, 9.17) is 4.74 Å². The second kappa shape index (κ2) is 8.53. The van der Waals surface area contributed by atoms with Crippen LogP contribution in [-0.4, -0.2) is 32.7 Å². The smallest absolute Gasteiger partial charge is 0.239 e. The maximum atomic E-state index is 11.7. The molecule has 1 aromatic rings. The van der Waals surface area contributed by atoms with Gasteiger partial charge in [0.1, 0.15) is 0 Å². The molecule has 0 bridgehead atoms. The molecular weight excluding hydrogens is 240 g/mol. The quantitative estimate of drug-likeness (QED) is 0.706. The standard InChI is InChI=1S/C15H24N2O2/c1-4-12-7-6-8-13(5-2)15(12)17-11-14(18)16-9-10-19-3/h6-8,17H,4-5,9-11H2,1-3H3,(H,16,18). The number of amides is 1. The van der Waals surface area contributed by atoms with Gasteiger partial charge in [-0.3, -0.25) is 4.79 Å². The molecule has 0 unspecified atom stereocenters. The van der Waals surface area contributed by atoms with Gasteiger partial charge in [-0.15, -0.1) is 0 Å². The normalized spacial score (nSPS) is 10.3. The summed E-state index contributed by atoms with van der Waals surface area (Å²) in [5.74, 6) is -0.00925. The average molecular weight is 264 g/mol. The van der Waals surface area contributed by atoms with Crippen LogP contribution in [0.5, 0.6) is 0 Å². The first-order valence-corrected chi connectivity index (χ1v) is 6.83. The second-order valence-corrected chi connectivity index (χ2v) is 4.35. The van der Waals surface area contributed by atoms with E-state index in [1.54, 1.807) is 7.11 Å². The number of rotatable bonds is 8. The number of hydrogen-bond acceptors (Lipinski definition) is 3. The Morgan fingerprint density at radius 2 is 1.84 bits per heavy atom. The third-order valence-corrected chi connectivity index (χ3v) is 3.05. The Morgan fingerprint density at radius 3 is 2.37 bits per heavy atom. The fourth-order valence-electron chi connectivity index (χ4n) is 1.99. The fourth-order valence-corrected chi connectivity index (χ4v) is 1.99. The summed E-state index contributed by atoms with van der Waals surface area (Å²) in [6, 6.07) is 6.27. The number of benzene rings is 1. The van der Waals surface area contributed by atoms with Crippen molar-refractivity contribution in [2.24, 2.45) is 0 Å². The summed E-state index contributed by atoms with van der Waals surface area (Å²) >= 11 is 0. The van der Waals surface area contributed by atoms with Gasteiger partial charge in [0.25, 0.3) is 0 Å². The lowest BCUT2D eigenvalue weighted by Crippen LogP contribution is -2.32. The summed E-state index contributed by atoms with van der Waals surface area (Å²) in [6.45, 7) is 5.63. The van der Waals surface area contributed by atoms with Gasteiger partial charge in [-0.25, -0.2) is 0 Å². The second-order valence-electron chi connectivity index (χ2n) is 4.35. The van der Waals surface area contributed by atoms with Crippen LogP contribution in [0, 0.1) is 0 Å². The number of aryl methyl sites for hydroxylation is 2. The monoisotopic (exact) mass is 264 g/mol. The fraction of sp³-hybridized carbons (Fsp3) is 0.533. The minimum Gasteiger partial charge on any atom is -0.383 e. The molecule has 0 atom stereocenters. The van der Waals surface area contributed by atoms with E-state index < -0.39 is 0 Å². The SMILES string of the molecule is CCc1cccc(CC)c1NCC(=O)NCCOC. The highest BCUT2D eigenvalue weighted by molar-refractivity contribution is 5.81. The molecule has 106 valence electrons. The summed E-state index contributed by atoms with van der Waals surface area (Å²) in [5.41, 5.74) is 3.61. The van der Waals surface area contributed by atoms with Gasteiger partial charge in [0.05, 0.1) is 13.2 Å². The molecule has 1 amide bonds. The molecule has 0 aromatic heterocycles. The topological polar surface area (TPSA) is 50.4 Å². The van der Waals surface area contributed by atoms with E-state index in [1.165, 1.54) is 11.1 Å². The van der Waals surface area contributed by atoms with Crippen LogP contribution in [0.3, 0.4) is 0 Å². The third kappa shape index (κ3) is 4.91. The lowest BCUT2D eigenvalue weighted by atomic mass is 10.0. The zero-order valence-corrected chi connectivity index (χ0v) is 12.1. The van der Waals surface area contributed by atoms with Gasteiger partial charge in [-0.1, -0.05) is 32.0 Å². The van der Waals surface area contributed by atoms with Crippen LogP contribution in [0.1, 0.15) is 25.0 Å². The van der Waals surface area contributed by atoms with E-state index in [2.05, 4.69) is 42.7 Å². The molecule has 4 nitrogen and oxygen atoms in total. The predicted octanol–water partition coefficient (Wildman–Crippen LogP) is 1.99. The first-order valence-electron chi connectivity index (χ1n) is 6.83. The van der Waals surface area contributed by atoms with Crippen LogP contribution < -0.4 is 10.6 Å². The van der Waals surface area contributed by atoms with Gasteiger partial charge in [-0.05, 0) is 24.0 Å². The Labute approximate surface area is 115 Å². The highest BCUT2D eigenvalue weighted by atomic mass is 16.5. The molecule has 1 rings (SSSR count). The van der Waals surface area contributed by atoms with Crippen molar-refractivity contribution in [2.75, 3.05) is 32.1 Å². The van der Waals surface area contributed by atoms with Crippen LogP contribution >= 0.6 is 0 Å². The molecule has 19 heavy (non-hydrogen) atoms. The molecule has 0 fully saturated rings. The van der Waals surface area contributed by atoms with Crippen molar-refractivity contribution in [3.63, 3.8) is 0 Å². The number of nitrogens with one attached hydrogen (secondary N) is 2. The number of para-hydroxylation sites is 1. The van der Waals surface area contributed by atoms with Crippen molar-refractivity contribution in [1.29, 1.82) is 0 Å². The molecule has 0 aliphatic carbocycles. The van der Waals surface area contributed by atoms with Gasteiger partial charge < -0.3 is 15.4 Å². The molecule has 4 heteroatoms. The van der Waals surface area contributed by atoms with Crippen LogP contribution in [0.2, 0.25) is 0 Å². The molecule has 0 saturated heterocycles. The molecule has 0 spiro atoms. The van der Waals surface area contributed by atoms with E-state index in [0.29, 0.717) is 19.7 Å². The van der Waals surface area contributed by atoms with E-state index in [9.17, 15) is 4.79 Å². The molecule has 0 saturated carbocycles. The van der Waals surface area contributed by atoms with Gasteiger partial charge in [-0.2, -0.15) is 0 Å². The summed E-state index contributed by atoms with van der Waals surface area (Å²) in [5, 5.41) is 6.06. The lowest BCUT2D eigenvalue weighted by molar-refractivity contribution is -0.119. The van der Waals surface area contributed by atoms with Gasteiger partial charge in [0, 0.05) is 19.3 Å². The molecule has 0 aliphatic heterocycles. The molecule has 1 aromatic carbocycles. The molecular formula is C15H24N2O2. The number of ether oxygens (including phenoxy) is 1. The zero-order chi connectivity index (χ0) is 14.1. The van der Waals surface area contributed by atoms with E-state index >= 15 is 0 Å². The lowest BCUT2D eigenvalue weighted by Gasteiger charge is -2.15. The molecule has 0 radical (unpaired) electrons. The first kappa shape index (κ1) is 15.5. The minimum atomic E-state index is -0.00925. The van der Waals surface area contributed by atoms with Crippen molar-refractivity contribution in [1.82, 2.24) is 5.32 Å². The Bertz CT molecular complexity index is 383. The number of hydrogen-bond donors (Lipinski definition) is 2. The minimum absolute atomic E-state index is 0.00925. The Kier molecular flexibility index (Phi) is 6.97. The summed E-state index contributed by atoms with van der Waals surface area (Å²) in [7, 11) is 1.62. The summed E-state index contributed by atoms with van der Waals surface area (Å²) in [4.78, 5) is 11.7. The Balaban J connectivity index is 2.58. The van der Waals surface area contributed by atoms with Crippen molar-refractivity contribution in [2.45, 2.75) is 26.7 Å². The third-order valence-electron chi connectivity index (χ3n) is 3.05. The molecule has 2 N–H and O–H groups in total. The van der Waals surface area contributed by atoms with Crippen LogP contribution in [0.15, 0.2) is 18.2 Å². The van der Waals surface area contributed by atoms with E-state index in [1.807, 2.05) is 0 Å². The number of methoxy groups -OCH3 is 1. The van der Waals surface area contributed by atoms with Gasteiger partial charge >= 0.3 is 0 Å². The number of anilines is 1. The van der Waals surface area contributed by atoms with Crippen LogP contribution in [0.4, 0.5) is 5.69 Å². The highest BCUT2D eigenvalue weighted by Gasteiger charge is 2.07. The first-order chi connectivity index (χ1) is 9.22. The number of carbonyl (C=O) groups excluding carboxylic acids is 1. The van der Waals surface area contributed by atoms with Crippen molar-refractivity contribution in [3.05, 3.63) is 29.3 Å². The zero-order valence-electron chi connectivity index (χ0n) is 12.1. The molecule has 0 heterocycles. The largest absolute Gasteiger partial charge is 0.383 e. The highest BCUT2D eigenvalue weighted by Crippen LogP contribution is 2.22. The predicted molar refractivity (Wildman–Crippen MR) is 78.6 cm³/mol.